The maximum atomic E-state index is 11.9. The number of rotatable bonds is 2. The summed E-state index contributed by atoms with van der Waals surface area (Å²) >= 11 is 6.05. The van der Waals surface area contributed by atoms with Crippen LogP contribution in [-0.2, 0) is 4.74 Å². The van der Waals surface area contributed by atoms with E-state index >= 15 is 0 Å². The van der Waals surface area contributed by atoms with E-state index in [0.29, 0.717) is 23.0 Å². The third-order valence-corrected chi connectivity index (χ3v) is 2.81. The number of hydrogen-bond acceptors (Lipinski definition) is 3. The number of carbonyl (C=O) groups is 1. The standard InChI is InChI=1S/C13H12ClNO2/c1-3-17-13(16)11-8(2)15-12(14)10-7-5-4-6-9(10)11/h4-7H,3H2,1-2H3. The number of pyridine rings is 1. The number of nitrogens with zero attached hydrogens (tertiary/aromatic N) is 1. The highest BCUT2D eigenvalue weighted by Crippen LogP contribution is 2.27. The molecule has 0 unspecified atom stereocenters. The van der Waals surface area contributed by atoms with Crippen molar-refractivity contribution < 1.29 is 9.53 Å². The van der Waals surface area contributed by atoms with Gasteiger partial charge in [0.05, 0.1) is 17.9 Å². The molecule has 2 rings (SSSR count). The lowest BCUT2D eigenvalue weighted by molar-refractivity contribution is 0.0527. The number of aromatic nitrogens is 1. The molecule has 1 heterocycles. The quantitative estimate of drug-likeness (QED) is 0.605. The average molecular weight is 250 g/mol. The van der Waals surface area contributed by atoms with Gasteiger partial charge in [0, 0.05) is 10.8 Å². The monoisotopic (exact) mass is 249 g/mol. The first-order valence-corrected chi connectivity index (χ1v) is 5.75. The number of halogens is 1. The Kier molecular flexibility index (Phi) is 3.29. The third-order valence-electron chi connectivity index (χ3n) is 2.53. The largest absolute Gasteiger partial charge is 0.462 e. The lowest BCUT2D eigenvalue weighted by atomic mass is 10.1. The van der Waals surface area contributed by atoms with Gasteiger partial charge < -0.3 is 4.74 Å². The second kappa shape index (κ2) is 4.72. The Balaban J connectivity index is 2.73. The maximum Gasteiger partial charge on any atom is 0.340 e. The molecule has 0 saturated heterocycles. The molecule has 0 spiro atoms. The van der Waals surface area contributed by atoms with Crippen molar-refractivity contribution in [2.75, 3.05) is 6.61 Å². The number of fused-ring (bicyclic) bond motifs is 1. The molecule has 17 heavy (non-hydrogen) atoms. The Morgan fingerprint density at radius 1 is 1.35 bits per heavy atom. The zero-order valence-corrected chi connectivity index (χ0v) is 10.4. The fourth-order valence-electron chi connectivity index (χ4n) is 1.80. The van der Waals surface area contributed by atoms with Gasteiger partial charge in [-0.2, -0.15) is 0 Å². The molecule has 0 N–H and O–H groups in total. The van der Waals surface area contributed by atoms with Crippen molar-refractivity contribution >= 4 is 28.3 Å². The van der Waals surface area contributed by atoms with Crippen LogP contribution in [-0.4, -0.2) is 17.6 Å². The number of carbonyl (C=O) groups excluding carboxylic acids is 1. The first-order chi connectivity index (χ1) is 8.15. The van der Waals surface area contributed by atoms with E-state index in [1.807, 2.05) is 24.3 Å². The van der Waals surface area contributed by atoms with Crippen molar-refractivity contribution in [3.8, 4) is 0 Å². The third kappa shape index (κ3) is 2.11. The van der Waals surface area contributed by atoms with Gasteiger partial charge in [0.25, 0.3) is 0 Å². The van der Waals surface area contributed by atoms with Crippen LogP contribution in [0.25, 0.3) is 10.8 Å². The van der Waals surface area contributed by atoms with Crippen molar-refractivity contribution in [1.82, 2.24) is 4.98 Å². The number of hydrogen-bond donors (Lipinski definition) is 0. The molecule has 2 aromatic rings. The summed E-state index contributed by atoms with van der Waals surface area (Å²) in [6.07, 6.45) is 0. The van der Waals surface area contributed by atoms with Gasteiger partial charge in [0.1, 0.15) is 5.15 Å². The Morgan fingerprint density at radius 3 is 2.65 bits per heavy atom. The molecule has 0 atom stereocenters. The summed E-state index contributed by atoms with van der Waals surface area (Å²) in [6, 6.07) is 7.41. The molecule has 1 aromatic carbocycles. The second-order valence-corrected chi connectivity index (χ2v) is 3.99. The van der Waals surface area contributed by atoms with E-state index < -0.39 is 0 Å². The fourth-order valence-corrected chi connectivity index (χ4v) is 2.09. The van der Waals surface area contributed by atoms with Crippen LogP contribution in [0.3, 0.4) is 0 Å². The number of aryl methyl sites for hydroxylation is 1. The minimum Gasteiger partial charge on any atom is -0.462 e. The van der Waals surface area contributed by atoms with Crippen LogP contribution in [0.4, 0.5) is 0 Å². The number of esters is 1. The molecular formula is C13H12ClNO2. The van der Waals surface area contributed by atoms with Crippen LogP contribution >= 0.6 is 11.6 Å². The topological polar surface area (TPSA) is 39.2 Å². The summed E-state index contributed by atoms with van der Waals surface area (Å²) in [5.74, 6) is -0.356. The Bertz CT molecular complexity index is 581. The van der Waals surface area contributed by atoms with Gasteiger partial charge in [-0.25, -0.2) is 9.78 Å². The van der Waals surface area contributed by atoms with Crippen LogP contribution in [0, 0.1) is 6.92 Å². The highest BCUT2D eigenvalue weighted by Gasteiger charge is 2.17. The highest BCUT2D eigenvalue weighted by atomic mass is 35.5. The van der Waals surface area contributed by atoms with Crippen LogP contribution in [0.15, 0.2) is 24.3 Å². The molecule has 4 heteroatoms. The molecule has 3 nitrogen and oxygen atoms in total. The van der Waals surface area contributed by atoms with Crippen molar-refractivity contribution in [1.29, 1.82) is 0 Å². The molecule has 88 valence electrons. The molecule has 0 amide bonds. The van der Waals surface area contributed by atoms with Gasteiger partial charge in [-0.05, 0) is 13.8 Å². The normalized spacial score (nSPS) is 10.5. The summed E-state index contributed by atoms with van der Waals surface area (Å²) in [7, 11) is 0. The van der Waals surface area contributed by atoms with E-state index in [4.69, 9.17) is 16.3 Å². The zero-order chi connectivity index (χ0) is 12.4. The van der Waals surface area contributed by atoms with Crippen LogP contribution in [0.1, 0.15) is 23.0 Å². The van der Waals surface area contributed by atoms with E-state index in [9.17, 15) is 4.79 Å². The van der Waals surface area contributed by atoms with E-state index in [0.717, 1.165) is 10.8 Å². The van der Waals surface area contributed by atoms with Crippen LogP contribution in [0.5, 0.6) is 0 Å². The van der Waals surface area contributed by atoms with E-state index in [2.05, 4.69) is 4.98 Å². The summed E-state index contributed by atoms with van der Waals surface area (Å²) < 4.78 is 5.03. The molecule has 0 bridgehead atoms. The smallest absolute Gasteiger partial charge is 0.340 e. The molecular weight excluding hydrogens is 238 g/mol. The molecule has 0 aliphatic rings. The van der Waals surface area contributed by atoms with E-state index in [-0.39, 0.29) is 5.97 Å². The SMILES string of the molecule is CCOC(=O)c1c(C)nc(Cl)c2ccccc12. The van der Waals surface area contributed by atoms with E-state index in [1.165, 1.54) is 0 Å². The van der Waals surface area contributed by atoms with Crippen molar-refractivity contribution in [2.45, 2.75) is 13.8 Å². The minimum absolute atomic E-state index is 0.342. The zero-order valence-electron chi connectivity index (χ0n) is 9.66. The van der Waals surface area contributed by atoms with Gasteiger partial charge in [-0.3, -0.25) is 0 Å². The highest BCUT2D eigenvalue weighted by molar-refractivity contribution is 6.34. The van der Waals surface area contributed by atoms with Crippen LogP contribution in [0.2, 0.25) is 5.15 Å². The van der Waals surface area contributed by atoms with Crippen molar-refractivity contribution in [3.63, 3.8) is 0 Å². The number of benzene rings is 1. The summed E-state index contributed by atoms with van der Waals surface area (Å²) in [6.45, 7) is 3.87. The summed E-state index contributed by atoms with van der Waals surface area (Å²) in [5, 5.41) is 1.96. The van der Waals surface area contributed by atoms with Crippen LogP contribution < -0.4 is 0 Å². The summed E-state index contributed by atoms with van der Waals surface area (Å²) in [5.41, 5.74) is 1.08. The molecule has 1 aromatic heterocycles. The Morgan fingerprint density at radius 2 is 2.00 bits per heavy atom. The Labute approximate surface area is 104 Å². The van der Waals surface area contributed by atoms with E-state index in [1.54, 1.807) is 13.8 Å². The molecule has 0 aliphatic carbocycles. The first kappa shape index (κ1) is 11.9. The summed E-state index contributed by atoms with van der Waals surface area (Å²) in [4.78, 5) is 16.1. The number of ether oxygens (including phenoxy) is 1. The van der Waals surface area contributed by atoms with Crippen molar-refractivity contribution in [2.24, 2.45) is 0 Å². The fraction of sp³-hybridized carbons (Fsp3) is 0.231. The van der Waals surface area contributed by atoms with Crippen molar-refractivity contribution in [3.05, 3.63) is 40.7 Å². The molecule has 0 saturated carbocycles. The van der Waals surface area contributed by atoms with Gasteiger partial charge in [0.15, 0.2) is 0 Å². The first-order valence-electron chi connectivity index (χ1n) is 5.37. The Hall–Kier alpha value is -1.61. The molecule has 0 fully saturated rings. The average Bonchev–Trinajstić information content (AvgIpc) is 2.29. The minimum atomic E-state index is -0.356. The van der Waals surface area contributed by atoms with Gasteiger partial charge in [0.2, 0.25) is 0 Å². The predicted octanol–water partition coefficient (Wildman–Crippen LogP) is 3.37. The van der Waals surface area contributed by atoms with Gasteiger partial charge in [-0.1, -0.05) is 35.9 Å². The lowest BCUT2D eigenvalue weighted by Crippen LogP contribution is -2.09. The van der Waals surface area contributed by atoms with Gasteiger partial charge >= 0.3 is 5.97 Å². The second-order valence-electron chi connectivity index (χ2n) is 3.63. The molecule has 0 aliphatic heterocycles. The lowest BCUT2D eigenvalue weighted by Gasteiger charge is -2.09. The predicted molar refractivity (Wildman–Crippen MR) is 67.4 cm³/mol. The maximum absolute atomic E-state index is 11.9. The van der Waals surface area contributed by atoms with Gasteiger partial charge in [-0.15, -0.1) is 0 Å². The molecule has 0 radical (unpaired) electrons.